The number of hydrogen-bond donors (Lipinski definition) is 2. The topological polar surface area (TPSA) is 69.7 Å². The van der Waals surface area contributed by atoms with Crippen LogP contribution in [0.2, 0.25) is 0 Å². The number of rotatable bonds is 4. The molecule has 3 rings (SSSR count). The summed E-state index contributed by atoms with van der Waals surface area (Å²) in [6.45, 7) is 0.534. The lowest BCUT2D eigenvalue weighted by atomic mass is 10.2. The molecule has 0 aliphatic rings. The summed E-state index contributed by atoms with van der Waals surface area (Å²) in [4.78, 5) is 17.8. The first-order valence-electron chi connectivity index (χ1n) is 6.52. The Balaban J connectivity index is 1.97. The van der Waals surface area contributed by atoms with Gasteiger partial charge in [0.05, 0.1) is 6.33 Å². The summed E-state index contributed by atoms with van der Waals surface area (Å²) in [5.41, 5.74) is 2.22. The zero-order valence-corrected chi connectivity index (χ0v) is 11.8. The van der Waals surface area contributed by atoms with Crippen LogP contribution in [0.1, 0.15) is 5.56 Å². The molecule has 6 nitrogen and oxygen atoms in total. The summed E-state index contributed by atoms with van der Waals surface area (Å²) in [6, 6.07) is 6.52. The van der Waals surface area contributed by atoms with E-state index in [1.807, 2.05) is 18.0 Å². The first kappa shape index (κ1) is 13.3. The summed E-state index contributed by atoms with van der Waals surface area (Å²) in [5.74, 6) is 0.966. The quantitative estimate of drug-likeness (QED) is 0.769. The van der Waals surface area contributed by atoms with E-state index >= 15 is 0 Å². The van der Waals surface area contributed by atoms with E-state index in [0.29, 0.717) is 24.0 Å². The van der Waals surface area contributed by atoms with Crippen molar-refractivity contribution in [3.8, 4) is 0 Å². The van der Waals surface area contributed by atoms with Crippen molar-refractivity contribution in [3.05, 3.63) is 42.0 Å². The van der Waals surface area contributed by atoms with Crippen LogP contribution in [0.4, 0.5) is 16.2 Å². The second kappa shape index (κ2) is 5.35. The van der Waals surface area contributed by atoms with Crippen LogP contribution in [0.15, 0.2) is 30.6 Å². The lowest BCUT2D eigenvalue weighted by Gasteiger charge is -2.19. The highest BCUT2D eigenvalue weighted by Gasteiger charge is 2.13. The molecule has 0 atom stereocenters. The van der Waals surface area contributed by atoms with Crippen molar-refractivity contribution in [2.45, 2.75) is 6.54 Å². The summed E-state index contributed by atoms with van der Waals surface area (Å²) < 4.78 is 13.3. The summed E-state index contributed by atoms with van der Waals surface area (Å²) in [7, 11) is 3.65. The molecule has 108 valence electrons. The molecule has 0 aliphatic heterocycles. The molecule has 0 saturated heterocycles. The molecule has 3 aromatic rings. The maximum Gasteiger partial charge on any atom is 0.226 e. The fourth-order valence-electron chi connectivity index (χ4n) is 2.19. The molecule has 0 amide bonds. The first-order chi connectivity index (χ1) is 10.2. The Morgan fingerprint density at radius 1 is 1.33 bits per heavy atom. The van der Waals surface area contributed by atoms with Crippen LogP contribution in [-0.2, 0) is 6.54 Å². The van der Waals surface area contributed by atoms with Crippen LogP contribution in [0, 0.1) is 5.82 Å². The number of imidazole rings is 1. The fourth-order valence-corrected chi connectivity index (χ4v) is 2.19. The lowest BCUT2D eigenvalue weighted by Crippen LogP contribution is -2.19. The van der Waals surface area contributed by atoms with Gasteiger partial charge >= 0.3 is 0 Å². The van der Waals surface area contributed by atoms with Crippen LogP contribution >= 0.6 is 0 Å². The standard InChI is InChI=1S/C14H15FN6/c1-16-14-19-12-11(17-8-18-12)13(20-14)21(2)7-9-4-3-5-10(15)6-9/h3-6,8H,7H2,1-2H3,(H2,16,17,18,19,20). The van der Waals surface area contributed by atoms with Gasteiger partial charge in [-0.1, -0.05) is 12.1 Å². The average molecular weight is 286 g/mol. The Hall–Kier alpha value is -2.70. The van der Waals surface area contributed by atoms with Crippen molar-refractivity contribution < 1.29 is 4.39 Å². The molecular weight excluding hydrogens is 271 g/mol. The number of halogens is 1. The van der Waals surface area contributed by atoms with Gasteiger partial charge in [0.2, 0.25) is 5.95 Å². The van der Waals surface area contributed by atoms with Crippen LogP contribution in [0.25, 0.3) is 11.2 Å². The molecule has 21 heavy (non-hydrogen) atoms. The van der Waals surface area contributed by atoms with Crippen molar-refractivity contribution in [2.24, 2.45) is 0 Å². The Morgan fingerprint density at radius 2 is 2.19 bits per heavy atom. The van der Waals surface area contributed by atoms with Gasteiger partial charge in [0.25, 0.3) is 0 Å². The maximum absolute atomic E-state index is 13.3. The molecule has 2 N–H and O–H groups in total. The van der Waals surface area contributed by atoms with Gasteiger partial charge in [-0.25, -0.2) is 9.37 Å². The molecule has 0 aliphatic carbocycles. The zero-order chi connectivity index (χ0) is 14.8. The molecule has 0 bridgehead atoms. The summed E-state index contributed by atoms with van der Waals surface area (Å²) in [5, 5.41) is 2.91. The minimum atomic E-state index is -0.244. The van der Waals surface area contributed by atoms with Crippen LogP contribution in [0.3, 0.4) is 0 Å². The largest absolute Gasteiger partial charge is 0.357 e. The van der Waals surface area contributed by atoms with Crippen molar-refractivity contribution in [3.63, 3.8) is 0 Å². The SMILES string of the molecule is CNc1nc(N(C)Cc2cccc(F)c2)c2[nH]cnc2n1. The number of hydrogen-bond acceptors (Lipinski definition) is 5. The molecule has 0 radical (unpaired) electrons. The van der Waals surface area contributed by atoms with Crippen molar-refractivity contribution in [1.29, 1.82) is 0 Å². The predicted octanol–water partition coefficient (Wildman–Crippen LogP) is 2.17. The maximum atomic E-state index is 13.3. The minimum absolute atomic E-state index is 0.244. The van der Waals surface area contributed by atoms with E-state index in [9.17, 15) is 4.39 Å². The van der Waals surface area contributed by atoms with E-state index in [1.165, 1.54) is 12.1 Å². The van der Waals surface area contributed by atoms with E-state index in [0.717, 1.165) is 11.1 Å². The Bertz CT molecular complexity index is 769. The Labute approximate surface area is 121 Å². The third kappa shape index (κ3) is 2.62. The van der Waals surface area contributed by atoms with Gasteiger partial charge in [-0.2, -0.15) is 9.97 Å². The number of nitrogens with zero attached hydrogens (tertiary/aromatic N) is 4. The van der Waals surface area contributed by atoms with E-state index in [-0.39, 0.29) is 5.82 Å². The van der Waals surface area contributed by atoms with Crippen molar-refractivity contribution >= 4 is 22.9 Å². The molecule has 0 spiro atoms. The smallest absolute Gasteiger partial charge is 0.226 e. The molecule has 1 aromatic carbocycles. The molecular formula is C14H15FN6. The molecule has 0 saturated carbocycles. The van der Waals surface area contributed by atoms with Crippen LogP contribution in [0.5, 0.6) is 0 Å². The van der Waals surface area contributed by atoms with Crippen molar-refractivity contribution in [2.75, 3.05) is 24.3 Å². The highest BCUT2D eigenvalue weighted by atomic mass is 19.1. The predicted molar refractivity (Wildman–Crippen MR) is 79.7 cm³/mol. The van der Waals surface area contributed by atoms with Gasteiger partial charge in [-0.05, 0) is 17.7 Å². The third-order valence-electron chi connectivity index (χ3n) is 3.16. The van der Waals surface area contributed by atoms with E-state index < -0.39 is 0 Å². The van der Waals surface area contributed by atoms with Gasteiger partial charge in [0, 0.05) is 20.6 Å². The monoisotopic (exact) mass is 286 g/mol. The number of H-pyrrole nitrogens is 1. The second-order valence-corrected chi connectivity index (χ2v) is 4.71. The number of anilines is 2. The number of aromatic amines is 1. The van der Waals surface area contributed by atoms with E-state index in [1.54, 1.807) is 19.4 Å². The number of fused-ring (bicyclic) bond motifs is 1. The Kier molecular flexibility index (Phi) is 3.39. The zero-order valence-electron chi connectivity index (χ0n) is 11.8. The average Bonchev–Trinajstić information content (AvgIpc) is 2.94. The van der Waals surface area contributed by atoms with Crippen LogP contribution in [-0.4, -0.2) is 34.0 Å². The lowest BCUT2D eigenvalue weighted by molar-refractivity contribution is 0.625. The van der Waals surface area contributed by atoms with Gasteiger partial charge in [0.1, 0.15) is 11.3 Å². The second-order valence-electron chi connectivity index (χ2n) is 4.71. The number of nitrogens with one attached hydrogen (secondary N) is 2. The molecule has 2 aromatic heterocycles. The molecule has 0 fully saturated rings. The highest BCUT2D eigenvalue weighted by Crippen LogP contribution is 2.23. The minimum Gasteiger partial charge on any atom is -0.357 e. The summed E-state index contributed by atoms with van der Waals surface area (Å²) in [6.07, 6.45) is 1.58. The number of aromatic nitrogens is 4. The highest BCUT2D eigenvalue weighted by molar-refractivity contribution is 5.84. The molecule has 2 heterocycles. The van der Waals surface area contributed by atoms with E-state index in [4.69, 9.17) is 0 Å². The molecule has 7 heteroatoms. The number of benzene rings is 1. The summed E-state index contributed by atoms with van der Waals surface area (Å²) >= 11 is 0. The Morgan fingerprint density at radius 3 is 2.95 bits per heavy atom. The van der Waals surface area contributed by atoms with Crippen LogP contribution < -0.4 is 10.2 Å². The third-order valence-corrected chi connectivity index (χ3v) is 3.16. The molecule has 0 unspecified atom stereocenters. The van der Waals surface area contributed by atoms with Gasteiger partial charge in [-0.3, -0.25) is 0 Å². The van der Waals surface area contributed by atoms with Crippen molar-refractivity contribution in [1.82, 2.24) is 19.9 Å². The van der Waals surface area contributed by atoms with E-state index in [2.05, 4.69) is 25.3 Å². The van der Waals surface area contributed by atoms with Gasteiger partial charge in [0.15, 0.2) is 11.5 Å². The van der Waals surface area contributed by atoms with Gasteiger partial charge in [-0.15, -0.1) is 0 Å². The first-order valence-corrected chi connectivity index (χ1v) is 6.52. The normalized spacial score (nSPS) is 10.8. The fraction of sp³-hybridized carbons (Fsp3) is 0.214. The van der Waals surface area contributed by atoms with Gasteiger partial charge < -0.3 is 15.2 Å².